The van der Waals surface area contributed by atoms with Crippen LogP contribution in [0.4, 0.5) is 5.69 Å². The van der Waals surface area contributed by atoms with Gasteiger partial charge in [-0.25, -0.2) is 4.98 Å². The summed E-state index contributed by atoms with van der Waals surface area (Å²) < 4.78 is 2.21. The molecule has 1 heterocycles. The Bertz CT molecular complexity index is 1550. The van der Waals surface area contributed by atoms with Crippen LogP contribution in [0.25, 0.3) is 31.9 Å². The van der Waals surface area contributed by atoms with Crippen LogP contribution >= 0.6 is 33.9 Å². The van der Waals surface area contributed by atoms with Gasteiger partial charge in [0.2, 0.25) is 0 Å². The summed E-state index contributed by atoms with van der Waals surface area (Å²) in [4.78, 5) is 9.85. The van der Waals surface area contributed by atoms with Gasteiger partial charge < -0.3 is 5.11 Å². The molecule has 5 aromatic rings. The Labute approximate surface area is 223 Å². The molecule has 0 spiro atoms. The summed E-state index contributed by atoms with van der Waals surface area (Å²) in [5.41, 5.74) is 6.56. The van der Waals surface area contributed by atoms with Crippen LogP contribution in [0.3, 0.4) is 0 Å². The number of fused-ring (bicyclic) bond motifs is 1. The van der Waals surface area contributed by atoms with Crippen molar-refractivity contribution in [2.75, 3.05) is 0 Å². The number of thiazole rings is 1. The van der Waals surface area contributed by atoms with Gasteiger partial charge in [0.05, 0.1) is 15.9 Å². The van der Waals surface area contributed by atoms with Crippen LogP contribution in [0.2, 0.25) is 0 Å². The van der Waals surface area contributed by atoms with Gasteiger partial charge >= 0.3 is 0 Å². The lowest BCUT2D eigenvalue weighted by atomic mass is 9.85. The maximum absolute atomic E-state index is 10.9. The van der Waals surface area contributed by atoms with Crippen LogP contribution < -0.4 is 0 Å². The van der Waals surface area contributed by atoms with Crippen molar-refractivity contribution < 1.29 is 5.11 Å². The van der Waals surface area contributed by atoms with Crippen LogP contribution in [0.5, 0.6) is 5.75 Å². The summed E-state index contributed by atoms with van der Waals surface area (Å²) in [6.07, 6.45) is 1.76. The number of rotatable bonds is 4. The summed E-state index contributed by atoms with van der Waals surface area (Å²) in [7, 11) is 0. The highest BCUT2D eigenvalue weighted by Crippen LogP contribution is 2.39. The molecule has 1 aromatic heterocycles. The molecule has 4 aromatic carbocycles. The lowest BCUT2D eigenvalue weighted by Crippen LogP contribution is -2.12. The first-order valence-corrected chi connectivity index (χ1v) is 13.3. The average molecular weight is 589 g/mol. The molecule has 35 heavy (non-hydrogen) atoms. The molecule has 0 fully saturated rings. The summed E-state index contributed by atoms with van der Waals surface area (Å²) in [6, 6.07) is 28.7. The smallest absolute Gasteiger partial charge is 0.128 e. The van der Waals surface area contributed by atoms with E-state index >= 15 is 0 Å². The van der Waals surface area contributed by atoms with E-state index in [1.54, 1.807) is 17.6 Å². The Morgan fingerprint density at radius 1 is 0.886 bits per heavy atom. The Morgan fingerprint density at radius 3 is 2.37 bits per heavy atom. The van der Waals surface area contributed by atoms with E-state index in [-0.39, 0.29) is 11.2 Å². The number of phenolic OH excluding ortho intramolecular Hbond substituents is 1. The first-order chi connectivity index (χ1) is 16.8. The summed E-state index contributed by atoms with van der Waals surface area (Å²) in [5.74, 6) is 0.284. The highest BCUT2D eigenvalue weighted by Gasteiger charge is 2.21. The molecule has 1 N–H and O–H groups in total. The summed E-state index contributed by atoms with van der Waals surface area (Å²) >= 11 is 3.96. The van der Waals surface area contributed by atoms with Crippen molar-refractivity contribution in [1.82, 2.24) is 4.98 Å². The fourth-order valence-corrected chi connectivity index (χ4v) is 5.78. The van der Waals surface area contributed by atoms with Gasteiger partial charge in [-0.3, -0.25) is 4.99 Å². The molecule has 174 valence electrons. The minimum atomic E-state index is -0.163. The molecule has 0 saturated heterocycles. The maximum atomic E-state index is 10.9. The zero-order valence-corrected chi connectivity index (χ0v) is 22.8. The van der Waals surface area contributed by atoms with Crippen LogP contribution in [-0.4, -0.2) is 16.3 Å². The second kappa shape index (κ2) is 9.55. The molecule has 0 amide bonds. The quantitative estimate of drug-likeness (QED) is 0.168. The fraction of sp³-hybridized carbons (Fsp3) is 0.133. The number of aromatic nitrogens is 1. The Balaban J connectivity index is 1.58. The Kier molecular flexibility index (Phi) is 6.47. The number of aromatic hydroxyl groups is 1. The topological polar surface area (TPSA) is 45.5 Å². The van der Waals surface area contributed by atoms with Gasteiger partial charge in [0, 0.05) is 32.0 Å². The molecule has 0 aliphatic heterocycles. The normalized spacial score (nSPS) is 12.0. The van der Waals surface area contributed by atoms with Gasteiger partial charge in [0.15, 0.2) is 0 Å². The molecule has 0 atom stereocenters. The van der Waals surface area contributed by atoms with Crippen molar-refractivity contribution in [1.29, 1.82) is 0 Å². The minimum absolute atomic E-state index is 0.163. The molecule has 5 heteroatoms. The molecule has 0 bridgehead atoms. The van der Waals surface area contributed by atoms with Gasteiger partial charge in [0.1, 0.15) is 10.8 Å². The van der Waals surface area contributed by atoms with Gasteiger partial charge in [-0.2, -0.15) is 0 Å². The number of halogens is 1. The molecule has 0 saturated carbocycles. The summed E-state index contributed by atoms with van der Waals surface area (Å²) in [6.45, 7) is 6.31. The molecule has 0 unspecified atom stereocenters. The van der Waals surface area contributed by atoms with Gasteiger partial charge in [-0.1, -0.05) is 75.4 Å². The Hall–Kier alpha value is -3.03. The van der Waals surface area contributed by atoms with Gasteiger partial charge in [-0.05, 0) is 63.9 Å². The number of benzene rings is 4. The second-order valence-corrected chi connectivity index (χ2v) is 11.7. The van der Waals surface area contributed by atoms with Gasteiger partial charge in [-0.15, -0.1) is 11.3 Å². The summed E-state index contributed by atoms with van der Waals surface area (Å²) in [5, 5.41) is 11.9. The minimum Gasteiger partial charge on any atom is -0.507 e. The number of hydrogen-bond acceptors (Lipinski definition) is 4. The van der Waals surface area contributed by atoms with Crippen LogP contribution in [0.15, 0.2) is 89.9 Å². The predicted octanol–water partition coefficient (Wildman–Crippen LogP) is 8.99. The first-order valence-electron chi connectivity index (χ1n) is 11.4. The molecular weight excluding hydrogens is 563 g/mol. The van der Waals surface area contributed by atoms with Crippen molar-refractivity contribution in [2.45, 2.75) is 26.2 Å². The highest BCUT2D eigenvalue weighted by molar-refractivity contribution is 14.1. The SMILES string of the molecule is CC(C)(C)c1cc(I)cc(/C=N/c2ccccc2-c2nc3c(-c4ccccc4)cccc3s2)c1O. The predicted molar refractivity (Wildman–Crippen MR) is 157 cm³/mol. The average Bonchev–Trinajstić information content (AvgIpc) is 3.29. The third-order valence-corrected chi connectivity index (χ3v) is 7.57. The van der Waals surface area contributed by atoms with E-state index in [0.717, 1.165) is 46.7 Å². The van der Waals surface area contributed by atoms with Crippen molar-refractivity contribution in [3.8, 4) is 27.4 Å². The van der Waals surface area contributed by atoms with E-state index in [2.05, 4.69) is 91.9 Å². The number of hydrogen-bond donors (Lipinski definition) is 1. The zero-order chi connectivity index (χ0) is 24.6. The van der Waals surface area contributed by atoms with Crippen molar-refractivity contribution in [3.63, 3.8) is 0 Å². The van der Waals surface area contributed by atoms with E-state index < -0.39 is 0 Å². The molecular formula is C30H25IN2OS. The number of para-hydroxylation sites is 2. The first kappa shape index (κ1) is 23.7. The Morgan fingerprint density at radius 2 is 1.60 bits per heavy atom. The van der Waals surface area contributed by atoms with E-state index in [0.29, 0.717) is 5.56 Å². The van der Waals surface area contributed by atoms with Crippen molar-refractivity contribution >= 4 is 56.0 Å². The molecule has 0 aliphatic rings. The van der Waals surface area contributed by atoms with Gasteiger partial charge in [0.25, 0.3) is 0 Å². The third-order valence-electron chi connectivity index (χ3n) is 5.89. The number of phenols is 1. The van der Waals surface area contributed by atoms with Crippen molar-refractivity contribution in [2.24, 2.45) is 4.99 Å². The zero-order valence-electron chi connectivity index (χ0n) is 19.8. The lowest BCUT2D eigenvalue weighted by molar-refractivity contribution is 0.445. The van der Waals surface area contributed by atoms with Crippen LogP contribution in [0.1, 0.15) is 31.9 Å². The van der Waals surface area contributed by atoms with E-state index in [4.69, 9.17) is 9.98 Å². The second-order valence-electron chi connectivity index (χ2n) is 9.45. The fourth-order valence-electron chi connectivity index (χ4n) is 4.11. The lowest BCUT2D eigenvalue weighted by Gasteiger charge is -2.21. The van der Waals surface area contributed by atoms with Crippen LogP contribution in [0, 0.1) is 3.57 Å². The van der Waals surface area contributed by atoms with E-state index in [9.17, 15) is 5.11 Å². The number of nitrogens with zero attached hydrogens (tertiary/aromatic N) is 2. The maximum Gasteiger partial charge on any atom is 0.128 e. The van der Waals surface area contributed by atoms with Crippen molar-refractivity contribution in [3.05, 3.63) is 99.6 Å². The molecule has 5 rings (SSSR count). The standard InChI is InChI=1S/C30H25IN2OS/c1-30(2,3)24-17-21(31)16-20(28(24)34)18-32-25-14-8-7-12-23(25)29-33-27-22(13-9-15-26(27)35-29)19-10-5-4-6-11-19/h4-18,34H,1-3H3/b32-18+. The monoisotopic (exact) mass is 588 g/mol. The van der Waals surface area contributed by atoms with E-state index in [1.165, 1.54) is 0 Å². The molecule has 3 nitrogen and oxygen atoms in total. The number of aliphatic imine (C=N–C) groups is 1. The molecule has 0 aliphatic carbocycles. The third kappa shape index (κ3) is 4.88. The van der Waals surface area contributed by atoms with Crippen LogP contribution in [-0.2, 0) is 5.41 Å². The highest BCUT2D eigenvalue weighted by atomic mass is 127. The largest absolute Gasteiger partial charge is 0.507 e. The van der Waals surface area contributed by atoms with E-state index in [1.807, 2.05) is 36.4 Å². The molecule has 0 radical (unpaired) electrons.